The molecule has 0 aromatic carbocycles. The molecule has 1 saturated heterocycles. The lowest BCUT2D eigenvalue weighted by Crippen LogP contribution is -2.39. The summed E-state index contributed by atoms with van der Waals surface area (Å²) in [6, 6.07) is 2.06. The average molecular weight is 505 g/mol. The second kappa shape index (κ2) is 14.2. The molecule has 0 aliphatic carbocycles. The predicted molar refractivity (Wildman–Crippen MR) is 128 cm³/mol. The van der Waals surface area contributed by atoms with E-state index in [1.54, 1.807) is 0 Å². The second-order valence-electron chi connectivity index (χ2n) is 7.52. The minimum atomic E-state index is 0. The van der Waals surface area contributed by atoms with E-state index in [1.165, 1.54) is 38.9 Å². The summed E-state index contributed by atoms with van der Waals surface area (Å²) in [6.07, 6.45) is 6.03. The van der Waals surface area contributed by atoms with E-state index >= 15 is 0 Å². The highest BCUT2D eigenvalue weighted by molar-refractivity contribution is 14.0. The van der Waals surface area contributed by atoms with Crippen LogP contribution in [0.5, 0.6) is 0 Å². The molecule has 0 bridgehead atoms. The molecule has 2 rings (SSSR count). The Kier molecular flexibility index (Phi) is 12.8. The van der Waals surface area contributed by atoms with Crippen molar-refractivity contribution in [2.24, 2.45) is 10.9 Å². The van der Waals surface area contributed by atoms with E-state index < -0.39 is 0 Å². The van der Waals surface area contributed by atoms with E-state index in [-0.39, 0.29) is 24.0 Å². The molecule has 0 amide bonds. The fourth-order valence-corrected chi connectivity index (χ4v) is 3.79. The van der Waals surface area contributed by atoms with E-state index in [9.17, 15) is 0 Å². The van der Waals surface area contributed by atoms with Gasteiger partial charge in [-0.3, -0.25) is 0 Å². The third kappa shape index (κ3) is 8.27. The molecule has 162 valence electrons. The highest BCUT2D eigenvalue weighted by Crippen LogP contribution is 2.22. The van der Waals surface area contributed by atoms with Crippen LogP contribution in [0.3, 0.4) is 0 Å². The Morgan fingerprint density at radius 3 is 2.54 bits per heavy atom. The van der Waals surface area contributed by atoms with Crippen molar-refractivity contribution >= 4 is 29.9 Å². The van der Waals surface area contributed by atoms with Gasteiger partial charge in [0, 0.05) is 25.1 Å². The predicted octanol–water partition coefficient (Wildman–Crippen LogP) is 4.37. The quantitative estimate of drug-likeness (QED) is 0.281. The summed E-state index contributed by atoms with van der Waals surface area (Å²) < 4.78 is 5.48. The fraction of sp³-hybridized carbons (Fsp3) is 0.810. The lowest BCUT2D eigenvalue weighted by Gasteiger charge is -2.31. The molecule has 1 aliphatic rings. The maximum absolute atomic E-state index is 5.48. The van der Waals surface area contributed by atoms with Gasteiger partial charge < -0.3 is 20.1 Å². The topological polar surface area (TPSA) is 65.7 Å². The molecule has 2 heterocycles. The molecule has 0 spiro atoms. The molecule has 2 N–H and O–H groups in total. The highest BCUT2D eigenvalue weighted by Gasteiger charge is 2.17. The molecule has 28 heavy (non-hydrogen) atoms. The first-order valence-corrected chi connectivity index (χ1v) is 10.9. The third-order valence-electron chi connectivity index (χ3n) is 5.72. The Morgan fingerprint density at radius 2 is 1.93 bits per heavy atom. The zero-order chi connectivity index (χ0) is 19.5. The third-order valence-corrected chi connectivity index (χ3v) is 5.72. The average Bonchev–Trinajstić information content (AvgIpc) is 3.16. The number of aliphatic imine (C=N–C) groups is 1. The van der Waals surface area contributed by atoms with Gasteiger partial charge in [0.2, 0.25) is 0 Å². The van der Waals surface area contributed by atoms with Gasteiger partial charge in [-0.2, -0.15) is 0 Å². The second-order valence-corrected chi connectivity index (χ2v) is 7.52. The van der Waals surface area contributed by atoms with E-state index in [0.717, 1.165) is 49.3 Å². The van der Waals surface area contributed by atoms with Crippen LogP contribution in [0.1, 0.15) is 77.2 Å². The van der Waals surface area contributed by atoms with Crippen molar-refractivity contribution in [1.82, 2.24) is 20.7 Å². The van der Waals surface area contributed by atoms with Crippen LogP contribution < -0.4 is 10.6 Å². The number of likely N-dealkylation sites (tertiary alicyclic amines) is 1. The monoisotopic (exact) mass is 505 g/mol. The molecular weight excluding hydrogens is 465 g/mol. The van der Waals surface area contributed by atoms with Crippen LogP contribution in [0.4, 0.5) is 0 Å². The largest absolute Gasteiger partial charge is 0.359 e. The number of halogens is 1. The van der Waals surface area contributed by atoms with Gasteiger partial charge in [-0.05, 0) is 64.6 Å². The maximum Gasteiger partial charge on any atom is 0.191 e. The van der Waals surface area contributed by atoms with Crippen LogP contribution in [-0.4, -0.2) is 48.7 Å². The van der Waals surface area contributed by atoms with Gasteiger partial charge in [-0.1, -0.05) is 25.9 Å². The number of rotatable bonds is 10. The minimum Gasteiger partial charge on any atom is -0.359 e. The molecule has 0 atom stereocenters. The number of nitrogens with one attached hydrogen (secondary N) is 2. The summed E-state index contributed by atoms with van der Waals surface area (Å²) in [7, 11) is 0. The molecule has 1 aromatic heterocycles. The summed E-state index contributed by atoms with van der Waals surface area (Å²) in [5.74, 6) is 3.02. The molecule has 0 unspecified atom stereocenters. The van der Waals surface area contributed by atoms with Gasteiger partial charge in [0.1, 0.15) is 6.54 Å². The standard InChI is InChI=1S/C21H39N5O.HI/c1-5-18(6-2)20-15-19(27-25-20)16-24-21(22-7-3)23-12-9-17-10-13-26(8-4)14-11-17;/h15,17-18H,5-14,16H2,1-4H3,(H2,22,23,24);1H. The number of hydrogen-bond acceptors (Lipinski definition) is 4. The summed E-state index contributed by atoms with van der Waals surface area (Å²) in [5, 5.41) is 11.0. The van der Waals surface area contributed by atoms with Crippen LogP contribution in [0.2, 0.25) is 0 Å². The first kappa shape index (κ1) is 25.2. The summed E-state index contributed by atoms with van der Waals surface area (Å²) in [6.45, 7) is 14.8. The lowest BCUT2D eigenvalue weighted by atomic mass is 9.93. The molecule has 0 radical (unpaired) electrons. The molecular formula is C21H40IN5O. The van der Waals surface area contributed by atoms with Gasteiger partial charge in [0.25, 0.3) is 0 Å². The summed E-state index contributed by atoms with van der Waals surface area (Å²) >= 11 is 0. The number of piperidine rings is 1. The van der Waals surface area contributed by atoms with Crippen LogP contribution in [0.15, 0.2) is 15.6 Å². The van der Waals surface area contributed by atoms with Crippen molar-refractivity contribution in [3.8, 4) is 0 Å². The Hall–Kier alpha value is -0.830. The maximum atomic E-state index is 5.48. The zero-order valence-electron chi connectivity index (χ0n) is 18.2. The lowest BCUT2D eigenvalue weighted by molar-refractivity contribution is 0.187. The van der Waals surface area contributed by atoms with E-state index in [0.29, 0.717) is 12.5 Å². The van der Waals surface area contributed by atoms with Gasteiger partial charge in [-0.25, -0.2) is 4.99 Å². The van der Waals surface area contributed by atoms with Crippen LogP contribution >= 0.6 is 24.0 Å². The van der Waals surface area contributed by atoms with Crippen LogP contribution in [0.25, 0.3) is 0 Å². The van der Waals surface area contributed by atoms with E-state index in [1.807, 2.05) is 0 Å². The molecule has 1 aromatic rings. The summed E-state index contributed by atoms with van der Waals surface area (Å²) in [5.41, 5.74) is 1.06. The van der Waals surface area contributed by atoms with Crippen molar-refractivity contribution < 1.29 is 4.52 Å². The summed E-state index contributed by atoms with van der Waals surface area (Å²) in [4.78, 5) is 7.21. The zero-order valence-corrected chi connectivity index (χ0v) is 20.5. The first-order chi connectivity index (χ1) is 13.2. The van der Waals surface area contributed by atoms with Gasteiger partial charge >= 0.3 is 0 Å². The van der Waals surface area contributed by atoms with Crippen LogP contribution in [-0.2, 0) is 6.54 Å². The Labute approximate surface area is 188 Å². The number of guanidine groups is 1. The number of hydrogen-bond donors (Lipinski definition) is 2. The van der Waals surface area contributed by atoms with E-state index in [4.69, 9.17) is 4.52 Å². The smallest absolute Gasteiger partial charge is 0.191 e. The molecule has 1 aliphatic heterocycles. The number of nitrogens with zero attached hydrogens (tertiary/aromatic N) is 3. The molecule has 0 saturated carbocycles. The highest BCUT2D eigenvalue weighted by atomic mass is 127. The first-order valence-electron chi connectivity index (χ1n) is 10.9. The van der Waals surface area contributed by atoms with Gasteiger partial charge in [-0.15, -0.1) is 24.0 Å². The van der Waals surface area contributed by atoms with Crippen molar-refractivity contribution in [3.63, 3.8) is 0 Å². The van der Waals surface area contributed by atoms with Gasteiger partial charge in [0.05, 0.1) is 5.69 Å². The van der Waals surface area contributed by atoms with Crippen molar-refractivity contribution in [2.75, 3.05) is 32.7 Å². The molecule has 1 fully saturated rings. The van der Waals surface area contributed by atoms with Crippen molar-refractivity contribution in [2.45, 2.75) is 72.3 Å². The Balaban J connectivity index is 0.00000392. The SMILES string of the molecule is CCNC(=NCc1cc(C(CC)CC)no1)NCCC1CCN(CC)CC1.I. The molecule has 7 heteroatoms. The Morgan fingerprint density at radius 1 is 1.21 bits per heavy atom. The number of aromatic nitrogens is 1. The minimum absolute atomic E-state index is 0. The van der Waals surface area contributed by atoms with Gasteiger partial charge in [0.15, 0.2) is 11.7 Å². The van der Waals surface area contributed by atoms with E-state index in [2.05, 4.69) is 59.4 Å². The fourth-order valence-electron chi connectivity index (χ4n) is 3.79. The van der Waals surface area contributed by atoms with Crippen molar-refractivity contribution in [3.05, 3.63) is 17.5 Å². The normalized spacial score (nSPS) is 16.2. The Bertz CT molecular complexity index is 551. The van der Waals surface area contributed by atoms with Crippen LogP contribution in [0, 0.1) is 5.92 Å². The molecule has 6 nitrogen and oxygen atoms in total. The van der Waals surface area contributed by atoms with Crippen molar-refractivity contribution in [1.29, 1.82) is 0 Å².